The second-order valence-corrected chi connectivity index (χ2v) is 5.50. The van der Waals surface area contributed by atoms with E-state index in [-0.39, 0.29) is 12.2 Å². The van der Waals surface area contributed by atoms with Crippen molar-refractivity contribution in [2.24, 2.45) is 0 Å². The molecule has 3 aromatic rings. The molecule has 0 spiro atoms. The van der Waals surface area contributed by atoms with Crippen LogP contribution in [0.15, 0.2) is 65.0 Å². The van der Waals surface area contributed by atoms with Crippen LogP contribution < -0.4 is 15.7 Å². The van der Waals surface area contributed by atoms with E-state index in [4.69, 9.17) is 4.84 Å². The van der Waals surface area contributed by atoms with E-state index >= 15 is 0 Å². The van der Waals surface area contributed by atoms with Gasteiger partial charge in [0.15, 0.2) is 5.13 Å². The first-order valence-electron chi connectivity index (χ1n) is 6.84. The van der Waals surface area contributed by atoms with Crippen molar-refractivity contribution in [1.29, 1.82) is 0 Å². The molecular formula is C16H13N3O3S. The van der Waals surface area contributed by atoms with E-state index in [1.165, 1.54) is 23.6 Å². The summed E-state index contributed by atoms with van der Waals surface area (Å²) in [6.45, 7) is 0.234. The third-order valence-electron chi connectivity index (χ3n) is 3.03. The van der Waals surface area contributed by atoms with Gasteiger partial charge in [-0.15, -0.1) is 11.3 Å². The highest BCUT2D eigenvalue weighted by atomic mass is 32.1. The van der Waals surface area contributed by atoms with Crippen molar-refractivity contribution >= 4 is 22.4 Å². The average molecular weight is 327 g/mol. The van der Waals surface area contributed by atoms with Crippen LogP contribution in [0.4, 0.5) is 5.13 Å². The SMILES string of the molecule is O=C(Nc1nccs1)c1cccn(OCc2ccccc2)c1=O. The molecule has 0 atom stereocenters. The van der Waals surface area contributed by atoms with Crippen LogP contribution in [0.5, 0.6) is 0 Å². The van der Waals surface area contributed by atoms with E-state index in [1.807, 2.05) is 30.3 Å². The smallest absolute Gasteiger partial charge is 0.295 e. The maximum absolute atomic E-state index is 12.3. The Morgan fingerprint density at radius 1 is 1.22 bits per heavy atom. The first kappa shape index (κ1) is 15.0. The van der Waals surface area contributed by atoms with E-state index in [9.17, 15) is 9.59 Å². The van der Waals surface area contributed by atoms with Crippen LogP contribution in [0.25, 0.3) is 0 Å². The van der Waals surface area contributed by atoms with Gasteiger partial charge < -0.3 is 4.84 Å². The number of rotatable bonds is 5. The van der Waals surface area contributed by atoms with Crippen molar-refractivity contribution in [2.45, 2.75) is 6.61 Å². The van der Waals surface area contributed by atoms with Crippen molar-refractivity contribution < 1.29 is 9.63 Å². The number of carbonyl (C=O) groups is 1. The number of hydrogen-bond acceptors (Lipinski definition) is 5. The summed E-state index contributed by atoms with van der Waals surface area (Å²) in [6, 6.07) is 12.5. The summed E-state index contributed by atoms with van der Waals surface area (Å²) in [4.78, 5) is 33.9. The van der Waals surface area contributed by atoms with Gasteiger partial charge in [-0.05, 0) is 17.7 Å². The lowest BCUT2D eigenvalue weighted by Gasteiger charge is -2.09. The fourth-order valence-corrected chi connectivity index (χ4v) is 2.44. The molecule has 0 fully saturated rings. The van der Waals surface area contributed by atoms with Crippen LogP contribution in [-0.2, 0) is 6.61 Å². The average Bonchev–Trinajstić information content (AvgIpc) is 3.08. The predicted molar refractivity (Wildman–Crippen MR) is 87.5 cm³/mol. The Morgan fingerprint density at radius 2 is 2.04 bits per heavy atom. The number of carbonyl (C=O) groups excluding carboxylic acids is 1. The highest BCUT2D eigenvalue weighted by Gasteiger charge is 2.13. The molecule has 2 heterocycles. The number of pyridine rings is 1. The highest BCUT2D eigenvalue weighted by molar-refractivity contribution is 7.13. The minimum absolute atomic E-state index is 0.00392. The van der Waals surface area contributed by atoms with Gasteiger partial charge >= 0.3 is 0 Å². The molecule has 7 heteroatoms. The van der Waals surface area contributed by atoms with Gasteiger partial charge in [-0.2, -0.15) is 4.73 Å². The molecular weight excluding hydrogens is 314 g/mol. The number of nitrogens with zero attached hydrogens (tertiary/aromatic N) is 2. The van der Waals surface area contributed by atoms with Gasteiger partial charge in [-0.1, -0.05) is 30.3 Å². The summed E-state index contributed by atoms with van der Waals surface area (Å²) in [7, 11) is 0. The van der Waals surface area contributed by atoms with Crippen LogP contribution >= 0.6 is 11.3 Å². The van der Waals surface area contributed by atoms with E-state index < -0.39 is 11.5 Å². The monoisotopic (exact) mass is 327 g/mol. The first-order chi connectivity index (χ1) is 11.2. The van der Waals surface area contributed by atoms with E-state index in [0.717, 1.165) is 10.3 Å². The summed E-state index contributed by atoms with van der Waals surface area (Å²) in [5.41, 5.74) is 0.408. The standard InChI is InChI=1S/C16H13N3O3S/c20-14(18-16-17-8-10-23-16)13-7-4-9-19(15(13)21)22-11-12-5-2-1-3-6-12/h1-10H,11H2,(H,17,18,20). The number of aromatic nitrogens is 2. The Kier molecular flexibility index (Phi) is 4.49. The third kappa shape index (κ3) is 3.64. The molecule has 1 N–H and O–H groups in total. The number of benzene rings is 1. The van der Waals surface area contributed by atoms with Gasteiger partial charge in [-0.3, -0.25) is 14.9 Å². The zero-order valence-electron chi connectivity index (χ0n) is 12.0. The van der Waals surface area contributed by atoms with Gasteiger partial charge in [-0.25, -0.2) is 4.98 Å². The van der Waals surface area contributed by atoms with Crippen LogP contribution in [-0.4, -0.2) is 15.6 Å². The van der Waals surface area contributed by atoms with Crippen molar-refractivity contribution in [1.82, 2.24) is 9.71 Å². The summed E-state index contributed by atoms with van der Waals surface area (Å²) >= 11 is 1.28. The molecule has 0 unspecified atom stereocenters. The largest absolute Gasteiger partial charge is 0.406 e. The molecule has 0 aliphatic carbocycles. The molecule has 3 rings (SSSR count). The quantitative estimate of drug-likeness (QED) is 0.779. The molecule has 1 amide bonds. The van der Waals surface area contributed by atoms with Gasteiger partial charge in [0.2, 0.25) is 0 Å². The fraction of sp³-hybridized carbons (Fsp3) is 0.0625. The summed E-state index contributed by atoms with van der Waals surface area (Å²) in [5.74, 6) is -0.511. The lowest BCUT2D eigenvalue weighted by molar-refractivity contribution is 0.0863. The van der Waals surface area contributed by atoms with Gasteiger partial charge in [0.25, 0.3) is 11.5 Å². The number of amides is 1. The highest BCUT2D eigenvalue weighted by Crippen LogP contribution is 2.11. The fourth-order valence-electron chi connectivity index (χ4n) is 1.92. The summed E-state index contributed by atoms with van der Waals surface area (Å²) < 4.78 is 1.06. The number of hydrogen-bond donors (Lipinski definition) is 1. The third-order valence-corrected chi connectivity index (χ3v) is 3.71. The molecule has 1 aromatic carbocycles. The lowest BCUT2D eigenvalue weighted by Crippen LogP contribution is -2.32. The Labute approximate surface area is 136 Å². The Morgan fingerprint density at radius 3 is 2.78 bits per heavy atom. The molecule has 6 nitrogen and oxygen atoms in total. The Hall–Kier alpha value is -2.93. The molecule has 0 aliphatic rings. The second-order valence-electron chi connectivity index (χ2n) is 4.60. The van der Waals surface area contributed by atoms with Crippen molar-refractivity contribution in [3.05, 3.63) is 81.7 Å². The molecule has 2 aromatic heterocycles. The van der Waals surface area contributed by atoms with E-state index in [2.05, 4.69) is 10.3 Å². The second kappa shape index (κ2) is 6.89. The molecule has 0 saturated heterocycles. The minimum Gasteiger partial charge on any atom is -0.406 e. The Bertz CT molecular complexity index is 845. The van der Waals surface area contributed by atoms with Crippen LogP contribution in [0.2, 0.25) is 0 Å². The molecule has 0 bridgehead atoms. The maximum atomic E-state index is 12.3. The van der Waals surface area contributed by atoms with Crippen LogP contribution in [0.1, 0.15) is 15.9 Å². The molecule has 0 aliphatic heterocycles. The molecule has 23 heavy (non-hydrogen) atoms. The number of nitrogens with one attached hydrogen (secondary N) is 1. The zero-order valence-corrected chi connectivity index (χ0v) is 12.8. The molecule has 116 valence electrons. The maximum Gasteiger partial charge on any atom is 0.295 e. The molecule has 0 radical (unpaired) electrons. The van der Waals surface area contributed by atoms with E-state index in [0.29, 0.717) is 5.13 Å². The topological polar surface area (TPSA) is 73.2 Å². The van der Waals surface area contributed by atoms with Crippen LogP contribution in [0, 0.1) is 0 Å². The number of anilines is 1. The summed E-state index contributed by atoms with van der Waals surface area (Å²) in [5, 5.41) is 4.76. The van der Waals surface area contributed by atoms with Crippen LogP contribution in [0.3, 0.4) is 0 Å². The van der Waals surface area contributed by atoms with Gasteiger partial charge in [0.05, 0.1) is 0 Å². The normalized spacial score (nSPS) is 10.3. The van der Waals surface area contributed by atoms with Gasteiger partial charge in [0.1, 0.15) is 12.2 Å². The zero-order chi connectivity index (χ0) is 16.1. The van der Waals surface area contributed by atoms with Crippen molar-refractivity contribution in [2.75, 3.05) is 5.32 Å². The van der Waals surface area contributed by atoms with Crippen molar-refractivity contribution in [3.8, 4) is 0 Å². The number of thiazole rings is 1. The minimum atomic E-state index is -0.516. The Balaban J connectivity index is 1.75. The van der Waals surface area contributed by atoms with Gasteiger partial charge in [0, 0.05) is 17.8 Å². The lowest BCUT2D eigenvalue weighted by atomic mass is 10.2. The van der Waals surface area contributed by atoms with Crippen molar-refractivity contribution in [3.63, 3.8) is 0 Å². The first-order valence-corrected chi connectivity index (χ1v) is 7.72. The summed E-state index contributed by atoms with van der Waals surface area (Å²) in [6.07, 6.45) is 3.05. The van der Waals surface area contributed by atoms with E-state index in [1.54, 1.807) is 17.6 Å². The predicted octanol–water partition coefficient (Wildman–Crippen LogP) is 2.19. The molecule has 0 saturated carbocycles.